The number of hydrogen-bond acceptors (Lipinski definition) is 3. The summed E-state index contributed by atoms with van der Waals surface area (Å²) >= 11 is 5.56. The molecule has 2 aromatic rings. The van der Waals surface area contributed by atoms with E-state index in [1.54, 1.807) is 6.33 Å². The smallest absolute Gasteiger partial charge is 0.224 e. The van der Waals surface area contributed by atoms with Gasteiger partial charge in [0.1, 0.15) is 6.33 Å². The van der Waals surface area contributed by atoms with Crippen LogP contribution in [0.2, 0.25) is 0 Å². The zero-order valence-corrected chi connectivity index (χ0v) is 11.4. The fraction of sp³-hybridized carbons (Fsp3) is 0.308. The molecule has 0 aliphatic heterocycles. The average Bonchev–Trinajstić information content (AvgIpc) is 2.83. The Labute approximate surface area is 116 Å². The normalized spacial score (nSPS) is 10.4. The Morgan fingerprint density at radius 1 is 1.47 bits per heavy atom. The van der Waals surface area contributed by atoms with Gasteiger partial charge in [-0.1, -0.05) is 12.1 Å². The molecule has 0 atom stereocenters. The molecule has 2 rings (SSSR count). The predicted octanol–water partition coefficient (Wildman–Crippen LogP) is 2.44. The number of aryl methyl sites for hydroxylation is 1. The molecule has 0 fully saturated rings. The number of nitrogens with zero attached hydrogens (tertiary/aromatic N) is 3. The highest BCUT2D eigenvalue weighted by atomic mass is 35.5. The number of halogens is 1. The van der Waals surface area contributed by atoms with Crippen molar-refractivity contribution in [3.8, 4) is 11.4 Å². The molecular formula is C13H15ClN4O. The van der Waals surface area contributed by atoms with Crippen molar-refractivity contribution in [2.45, 2.75) is 12.8 Å². The van der Waals surface area contributed by atoms with Crippen molar-refractivity contribution < 1.29 is 4.79 Å². The Bertz CT molecular complexity index is 567. The minimum absolute atomic E-state index is 0.0317. The molecule has 1 amide bonds. The minimum atomic E-state index is -0.0317. The minimum Gasteiger partial charge on any atom is -0.326 e. The first-order chi connectivity index (χ1) is 9.20. The van der Waals surface area contributed by atoms with Crippen molar-refractivity contribution >= 4 is 23.2 Å². The van der Waals surface area contributed by atoms with Gasteiger partial charge in [-0.15, -0.1) is 21.8 Å². The number of alkyl halides is 1. The molecule has 1 aromatic heterocycles. The molecule has 0 radical (unpaired) electrons. The summed E-state index contributed by atoms with van der Waals surface area (Å²) < 4.78 is 1.83. The Balaban J connectivity index is 2.12. The van der Waals surface area contributed by atoms with Crippen LogP contribution in [0.4, 0.5) is 5.69 Å². The zero-order valence-electron chi connectivity index (χ0n) is 10.6. The quantitative estimate of drug-likeness (QED) is 0.855. The molecule has 5 nitrogen and oxygen atoms in total. The van der Waals surface area contributed by atoms with E-state index in [1.807, 2.05) is 35.9 Å². The molecule has 0 bridgehead atoms. The van der Waals surface area contributed by atoms with Gasteiger partial charge in [-0.2, -0.15) is 0 Å². The second-order valence-corrected chi connectivity index (χ2v) is 4.56. The van der Waals surface area contributed by atoms with Gasteiger partial charge in [0.25, 0.3) is 0 Å². The van der Waals surface area contributed by atoms with Crippen LogP contribution in [0, 0.1) is 0 Å². The number of amides is 1. The van der Waals surface area contributed by atoms with Crippen LogP contribution in [0.5, 0.6) is 0 Å². The van der Waals surface area contributed by atoms with Crippen LogP contribution >= 0.6 is 11.6 Å². The van der Waals surface area contributed by atoms with Gasteiger partial charge in [0.05, 0.1) is 0 Å². The topological polar surface area (TPSA) is 59.8 Å². The third-order valence-electron chi connectivity index (χ3n) is 2.65. The van der Waals surface area contributed by atoms with E-state index in [4.69, 9.17) is 11.6 Å². The van der Waals surface area contributed by atoms with Gasteiger partial charge in [0, 0.05) is 30.6 Å². The number of benzene rings is 1. The molecule has 0 saturated carbocycles. The molecule has 1 heterocycles. The van der Waals surface area contributed by atoms with Crippen LogP contribution in [0.1, 0.15) is 12.8 Å². The van der Waals surface area contributed by atoms with E-state index >= 15 is 0 Å². The second kappa shape index (κ2) is 6.33. The molecule has 0 aliphatic rings. The van der Waals surface area contributed by atoms with E-state index in [9.17, 15) is 4.79 Å². The van der Waals surface area contributed by atoms with E-state index in [2.05, 4.69) is 15.5 Å². The Morgan fingerprint density at radius 2 is 2.32 bits per heavy atom. The van der Waals surface area contributed by atoms with Crippen LogP contribution in [0.3, 0.4) is 0 Å². The molecule has 19 heavy (non-hydrogen) atoms. The zero-order chi connectivity index (χ0) is 13.7. The number of nitrogens with one attached hydrogen (secondary N) is 1. The predicted molar refractivity (Wildman–Crippen MR) is 75.0 cm³/mol. The monoisotopic (exact) mass is 278 g/mol. The molecule has 0 unspecified atom stereocenters. The van der Waals surface area contributed by atoms with Crippen molar-refractivity contribution in [3.05, 3.63) is 30.6 Å². The van der Waals surface area contributed by atoms with Crippen LogP contribution < -0.4 is 5.32 Å². The lowest BCUT2D eigenvalue weighted by Gasteiger charge is -2.06. The van der Waals surface area contributed by atoms with Crippen molar-refractivity contribution in [2.24, 2.45) is 7.05 Å². The van der Waals surface area contributed by atoms with E-state index in [-0.39, 0.29) is 5.91 Å². The van der Waals surface area contributed by atoms with Crippen molar-refractivity contribution in [3.63, 3.8) is 0 Å². The third-order valence-corrected chi connectivity index (χ3v) is 2.92. The molecule has 0 aliphatic carbocycles. The maximum atomic E-state index is 11.6. The number of anilines is 1. The van der Waals surface area contributed by atoms with E-state index in [1.165, 1.54) is 0 Å². The number of rotatable bonds is 5. The van der Waals surface area contributed by atoms with Crippen LogP contribution in [-0.2, 0) is 11.8 Å². The molecule has 1 N–H and O–H groups in total. The van der Waals surface area contributed by atoms with Crippen LogP contribution in [0.15, 0.2) is 30.6 Å². The SMILES string of the molecule is Cn1cnnc1-c1cccc(NC(=O)CCCCl)c1. The van der Waals surface area contributed by atoms with Crippen molar-refractivity contribution in [1.82, 2.24) is 14.8 Å². The summed E-state index contributed by atoms with van der Waals surface area (Å²) in [6, 6.07) is 7.53. The van der Waals surface area contributed by atoms with E-state index in [0.717, 1.165) is 17.1 Å². The highest BCUT2D eigenvalue weighted by Crippen LogP contribution is 2.20. The lowest BCUT2D eigenvalue weighted by Crippen LogP contribution is -2.11. The summed E-state index contributed by atoms with van der Waals surface area (Å²) in [6.45, 7) is 0. The fourth-order valence-corrected chi connectivity index (χ4v) is 1.87. The summed E-state index contributed by atoms with van der Waals surface area (Å²) in [6.07, 6.45) is 2.75. The summed E-state index contributed by atoms with van der Waals surface area (Å²) in [7, 11) is 1.88. The molecule has 0 spiro atoms. The Morgan fingerprint density at radius 3 is 3.00 bits per heavy atom. The van der Waals surface area contributed by atoms with E-state index in [0.29, 0.717) is 18.7 Å². The highest BCUT2D eigenvalue weighted by Gasteiger charge is 2.07. The van der Waals surface area contributed by atoms with Gasteiger partial charge in [-0.05, 0) is 18.6 Å². The average molecular weight is 279 g/mol. The molecule has 100 valence electrons. The van der Waals surface area contributed by atoms with Crippen LogP contribution in [-0.4, -0.2) is 26.6 Å². The van der Waals surface area contributed by atoms with Crippen molar-refractivity contribution in [1.29, 1.82) is 0 Å². The summed E-state index contributed by atoms with van der Waals surface area (Å²) in [5.74, 6) is 1.22. The van der Waals surface area contributed by atoms with Crippen molar-refractivity contribution in [2.75, 3.05) is 11.2 Å². The number of hydrogen-bond donors (Lipinski definition) is 1. The standard InChI is InChI=1S/C13H15ClN4O/c1-18-9-15-17-13(18)10-4-2-5-11(8-10)16-12(19)6-3-7-14/h2,4-5,8-9H,3,6-7H2,1H3,(H,16,19). The van der Waals surface area contributed by atoms with Gasteiger partial charge in [-0.25, -0.2) is 0 Å². The summed E-state index contributed by atoms with van der Waals surface area (Å²) in [5, 5.41) is 10.7. The lowest BCUT2D eigenvalue weighted by molar-refractivity contribution is -0.116. The first-order valence-corrected chi connectivity index (χ1v) is 6.54. The third kappa shape index (κ3) is 3.54. The lowest BCUT2D eigenvalue weighted by atomic mass is 10.2. The van der Waals surface area contributed by atoms with Gasteiger partial charge < -0.3 is 9.88 Å². The fourth-order valence-electron chi connectivity index (χ4n) is 1.73. The number of carbonyl (C=O) groups is 1. The molecular weight excluding hydrogens is 264 g/mol. The summed E-state index contributed by atoms with van der Waals surface area (Å²) in [5.41, 5.74) is 1.66. The number of carbonyl (C=O) groups excluding carboxylic acids is 1. The number of aromatic nitrogens is 3. The first kappa shape index (κ1) is 13.5. The molecule has 1 aromatic carbocycles. The van der Waals surface area contributed by atoms with E-state index < -0.39 is 0 Å². The Hall–Kier alpha value is -1.88. The summed E-state index contributed by atoms with van der Waals surface area (Å²) in [4.78, 5) is 11.6. The molecule has 0 saturated heterocycles. The first-order valence-electron chi connectivity index (χ1n) is 6.01. The van der Waals surface area contributed by atoms with Gasteiger partial charge in [0.2, 0.25) is 5.91 Å². The maximum absolute atomic E-state index is 11.6. The van der Waals surface area contributed by atoms with Gasteiger partial charge >= 0.3 is 0 Å². The van der Waals surface area contributed by atoms with Gasteiger partial charge in [-0.3, -0.25) is 4.79 Å². The second-order valence-electron chi connectivity index (χ2n) is 4.19. The highest BCUT2D eigenvalue weighted by molar-refractivity contribution is 6.18. The Kier molecular flexibility index (Phi) is 4.52. The van der Waals surface area contributed by atoms with Gasteiger partial charge in [0.15, 0.2) is 5.82 Å². The largest absolute Gasteiger partial charge is 0.326 e. The maximum Gasteiger partial charge on any atom is 0.224 e. The van der Waals surface area contributed by atoms with Crippen LogP contribution in [0.25, 0.3) is 11.4 Å². The molecule has 6 heteroatoms.